The van der Waals surface area contributed by atoms with Gasteiger partial charge in [0, 0.05) is 0 Å². The fraction of sp³-hybridized carbons (Fsp3) is 0.250. The summed E-state index contributed by atoms with van der Waals surface area (Å²) in [4.78, 5) is 21.5. The second kappa shape index (κ2) is 9.89. The minimum atomic E-state index is -4.42. The molecule has 0 atom stereocenters. The Labute approximate surface area is 158 Å². The average Bonchev–Trinajstić information content (AvgIpc) is 2.65. The van der Waals surface area contributed by atoms with E-state index in [2.05, 4.69) is 4.89 Å². The van der Waals surface area contributed by atoms with Crippen molar-refractivity contribution in [2.45, 2.75) is 19.0 Å². The molecule has 0 radical (unpaired) electrons. The first-order chi connectivity index (χ1) is 13.3. The molecule has 150 valence electrons. The molecule has 0 bridgehead atoms. The van der Waals surface area contributed by atoms with Crippen LogP contribution in [0.25, 0.3) is 12.2 Å². The van der Waals surface area contributed by atoms with Gasteiger partial charge in [-0.05, 0) is 42.2 Å². The lowest BCUT2D eigenvalue weighted by atomic mass is 10.0. The number of hydrogen-bond donors (Lipinski definition) is 1. The summed E-state index contributed by atoms with van der Waals surface area (Å²) in [6.45, 7) is -0.490. The van der Waals surface area contributed by atoms with E-state index in [0.717, 1.165) is 12.1 Å². The zero-order valence-electron chi connectivity index (χ0n) is 14.7. The Kier molecular flexibility index (Phi) is 7.57. The van der Waals surface area contributed by atoms with E-state index < -0.39 is 24.4 Å². The van der Waals surface area contributed by atoms with Crippen molar-refractivity contribution in [2.24, 2.45) is 0 Å². The fourth-order valence-electron chi connectivity index (χ4n) is 2.28. The van der Waals surface area contributed by atoms with Gasteiger partial charge in [0.25, 0.3) is 0 Å². The van der Waals surface area contributed by atoms with Crippen LogP contribution in [0.1, 0.15) is 39.9 Å². The third-order valence-electron chi connectivity index (χ3n) is 3.72. The molecule has 2 rings (SSSR count). The van der Waals surface area contributed by atoms with E-state index in [-0.39, 0.29) is 29.9 Å². The van der Waals surface area contributed by atoms with Crippen LogP contribution in [0, 0.1) is 0 Å². The summed E-state index contributed by atoms with van der Waals surface area (Å²) in [5.41, 5.74) is -0.164. The van der Waals surface area contributed by atoms with Gasteiger partial charge in [-0.2, -0.15) is 18.1 Å². The molecule has 0 fully saturated rings. The van der Waals surface area contributed by atoms with Crippen LogP contribution in [-0.4, -0.2) is 24.4 Å². The quantitative estimate of drug-likeness (QED) is 0.212. The minimum absolute atomic E-state index is 0.0139. The highest BCUT2D eigenvalue weighted by molar-refractivity contribution is 5.97. The van der Waals surface area contributed by atoms with Crippen LogP contribution in [0.3, 0.4) is 0 Å². The van der Waals surface area contributed by atoms with Crippen LogP contribution in [0.15, 0.2) is 42.5 Å². The van der Waals surface area contributed by atoms with Gasteiger partial charge < -0.3 is 5.11 Å². The van der Waals surface area contributed by atoms with Crippen molar-refractivity contribution >= 4 is 18.1 Å². The van der Waals surface area contributed by atoms with Gasteiger partial charge in [-0.25, -0.2) is 4.79 Å². The number of aromatic hydroxyl groups is 1. The van der Waals surface area contributed by atoms with Crippen LogP contribution in [0.5, 0.6) is 5.75 Å². The number of benzene rings is 2. The van der Waals surface area contributed by atoms with Gasteiger partial charge >= 0.3 is 12.1 Å². The molecule has 2 aromatic carbocycles. The summed E-state index contributed by atoms with van der Waals surface area (Å²) < 4.78 is 49.8. The second-order valence-electron chi connectivity index (χ2n) is 5.78. The third kappa shape index (κ3) is 6.09. The van der Waals surface area contributed by atoms with E-state index in [1.807, 2.05) is 0 Å². The first kappa shape index (κ1) is 21.4. The Hall–Kier alpha value is -2.87. The molecule has 0 saturated carbocycles. The van der Waals surface area contributed by atoms with Gasteiger partial charge in [-0.15, -0.1) is 0 Å². The van der Waals surface area contributed by atoms with Crippen molar-refractivity contribution in [1.29, 1.82) is 0 Å². The Bertz CT molecular complexity index is 814. The number of phenols is 1. The third-order valence-corrected chi connectivity index (χ3v) is 3.72. The molecule has 0 saturated heterocycles. The maximum absolute atomic E-state index is 12.6. The Balaban J connectivity index is 2.12. The lowest BCUT2D eigenvalue weighted by molar-refractivity contribution is -0.241. The molecule has 0 aromatic heterocycles. The summed E-state index contributed by atoms with van der Waals surface area (Å²) in [6.07, 6.45) is -0.828. The minimum Gasteiger partial charge on any atom is -0.507 e. The highest BCUT2D eigenvalue weighted by Gasteiger charge is 2.29. The molecule has 0 aliphatic carbocycles. The van der Waals surface area contributed by atoms with Crippen molar-refractivity contribution < 1.29 is 37.2 Å². The van der Waals surface area contributed by atoms with Crippen LogP contribution < -0.4 is 0 Å². The number of halogens is 4. The normalized spacial score (nSPS) is 11.7. The molecule has 0 unspecified atom stereocenters. The van der Waals surface area contributed by atoms with E-state index in [1.54, 1.807) is 0 Å². The number of unbranched alkanes of at least 4 members (excludes halogenated alkanes) is 1. The lowest BCUT2D eigenvalue weighted by Gasteiger charge is -2.08. The number of carbonyl (C=O) groups is 1. The van der Waals surface area contributed by atoms with E-state index in [4.69, 9.17) is 4.89 Å². The standard InChI is InChI=1S/C20H18F4O4/c21-12-1-2-13-27-28-19(26)18-15(4-3-5-17(18)25)9-6-14-7-10-16(11-8-14)20(22,23)24/h3-11,25H,1-2,12-13H2. The van der Waals surface area contributed by atoms with Gasteiger partial charge in [0.2, 0.25) is 0 Å². The number of hydrogen-bond acceptors (Lipinski definition) is 4. The van der Waals surface area contributed by atoms with Gasteiger partial charge in [0.05, 0.1) is 18.8 Å². The largest absolute Gasteiger partial charge is 0.507 e. The van der Waals surface area contributed by atoms with E-state index in [9.17, 15) is 27.5 Å². The number of alkyl halides is 4. The van der Waals surface area contributed by atoms with Crippen LogP contribution in [-0.2, 0) is 16.0 Å². The average molecular weight is 398 g/mol. The molecule has 0 heterocycles. The molecular formula is C20H18F4O4. The van der Waals surface area contributed by atoms with Crippen molar-refractivity contribution in [3.8, 4) is 5.75 Å². The van der Waals surface area contributed by atoms with Gasteiger partial charge in [-0.3, -0.25) is 9.28 Å². The SMILES string of the molecule is O=C(OOCCCCF)c1c(O)cccc1C=Cc1ccc(C(F)(F)F)cc1. The summed E-state index contributed by atoms with van der Waals surface area (Å²) in [5, 5.41) is 9.96. The van der Waals surface area contributed by atoms with E-state index in [0.29, 0.717) is 12.0 Å². The maximum Gasteiger partial charge on any atom is 0.416 e. The molecule has 1 N–H and O–H groups in total. The molecule has 28 heavy (non-hydrogen) atoms. The maximum atomic E-state index is 12.6. The van der Waals surface area contributed by atoms with E-state index >= 15 is 0 Å². The van der Waals surface area contributed by atoms with Crippen LogP contribution in [0.2, 0.25) is 0 Å². The second-order valence-corrected chi connectivity index (χ2v) is 5.78. The lowest BCUT2D eigenvalue weighted by Crippen LogP contribution is -2.09. The predicted molar refractivity (Wildman–Crippen MR) is 95.1 cm³/mol. The topological polar surface area (TPSA) is 55.8 Å². The van der Waals surface area contributed by atoms with Crippen LogP contribution in [0.4, 0.5) is 17.6 Å². The molecule has 0 aliphatic heterocycles. The monoisotopic (exact) mass is 398 g/mol. The Morgan fingerprint density at radius 1 is 1.04 bits per heavy atom. The van der Waals surface area contributed by atoms with Gasteiger partial charge in [0.15, 0.2) is 0 Å². The number of carbonyl (C=O) groups excluding carboxylic acids is 1. The summed E-state index contributed by atoms with van der Waals surface area (Å²) in [6, 6.07) is 8.78. The molecule has 0 aliphatic rings. The highest BCUT2D eigenvalue weighted by atomic mass is 19.4. The van der Waals surface area contributed by atoms with Crippen LogP contribution >= 0.6 is 0 Å². The smallest absolute Gasteiger partial charge is 0.416 e. The van der Waals surface area contributed by atoms with Gasteiger partial charge in [0.1, 0.15) is 11.3 Å². The van der Waals surface area contributed by atoms with Crippen molar-refractivity contribution in [1.82, 2.24) is 0 Å². The zero-order valence-corrected chi connectivity index (χ0v) is 14.7. The fourth-order valence-corrected chi connectivity index (χ4v) is 2.28. The molecular weight excluding hydrogens is 380 g/mol. The van der Waals surface area contributed by atoms with Crippen molar-refractivity contribution in [3.63, 3.8) is 0 Å². The molecule has 0 amide bonds. The van der Waals surface area contributed by atoms with Crippen molar-refractivity contribution in [2.75, 3.05) is 13.3 Å². The Morgan fingerprint density at radius 2 is 1.75 bits per heavy atom. The summed E-state index contributed by atoms with van der Waals surface area (Å²) in [7, 11) is 0. The molecule has 8 heteroatoms. The number of phenolic OH excluding ortho intramolecular Hbond substituents is 1. The molecule has 4 nitrogen and oxygen atoms in total. The van der Waals surface area contributed by atoms with E-state index in [1.165, 1.54) is 42.5 Å². The van der Waals surface area contributed by atoms with Crippen molar-refractivity contribution in [3.05, 3.63) is 64.7 Å². The highest BCUT2D eigenvalue weighted by Crippen LogP contribution is 2.29. The van der Waals surface area contributed by atoms with Gasteiger partial charge in [-0.1, -0.05) is 36.4 Å². The predicted octanol–water partition coefficient (Wildman–Crippen LogP) is 5.42. The zero-order chi connectivity index (χ0) is 20.6. The number of rotatable bonds is 8. The summed E-state index contributed by atoms with van der Waals surface area (Å²) >= 11 is 0. The Morgan fingerprint density at radius 3 is 2.39 bits per heavy atom. The first-order valence-electron chi connectivity index (χ1n) is 8.40. The molecule has 2 aromatic rings. The first-order valence-corrected chi connectivity index (χ1v) is 8.40. The summed E-state index contributed by atoms with van der Waals surface area (Å²) in [5.74, 6) is -1.28. The molecule has 0 spiro atoms.